The summed E-state index contributed by atoms with van der Waals surface area (Å²) < 4.78 is 5.65. The highest BCUT2D eigenvalue weighted by Crippen LogP contribution is 2.34. The number of nitrogens with one attached hydrogen (secondary N) is 1. The molecule has 0 saturated heterocycles. The Balaban J connectivity index is 0.000000293. The highest BCUT2D eigenvalue weighted by Gasteiger charge is 2.17. The molecule has 4 rings (SSSR count). The van der Waals surface area contributed by atoms with Crippen molar-refractivity contribution in [1.29, 1.82) is 0 Å². The fourth-order valence-electron chi connectivity index (χ4n) is 2.97. The second kappa shape index (κ2) is 10.5. The number of aliphatic carboxylic acids is 2. The molecule has 8 heteroatoms. The summed E-state index contributed by atoms with van der Waals surface area (Å²) in [6, 6.07) is 16.4. The molecule has 0 aliphatic carbocycles. The summed E-state index contributed by atoms with van der Waals surface area (Å²) in [4.78, 5) is 27.8. The standard InChI is InChI=1S/C19H17N3O.C4H4O4/c1-5-14-6-2-9-17-18(14)16(8-1)19(22-17)21-11-4-12-23-15-7-3-10-20-13-15;5-3(6)1-2-4(7)8/h1-3,5-10,13H,4,11-12H2,(H,21,22);1-2H,(H,5,6)(H,7,8)/b;2-1+. The Hall–Kier alpha value is -4.20. The van der Waals surface area contributed by atoms with E-state index in [0.717, 1.165) is 30.2 Å². The Kier molecular flexibility index (Phi) is 7.31. The maximum Gasteiger partial charge on any atom is 0.328 e. The van der Waals surface area contributed by atoms with Gasteiger partial charge in [-0.1, -0.05) is 30.3 Å². The van der Waals surface area contributed by atoms with Gasteiger partial charge in [-0.3, -0.25) is 4.98 Å². The fraction of sp³-hybridized carbons (Fsp3) is 0.130. The van der Waals surface area contributed by atoms with E-state index in [0.29, 0.717) is 18.8 Å². The second-order valence-corrected chi connectivity index (χ2v) is 6.47. The van der Waals surface area contributed by atoms with E-state index < -0.39 is 11.9 Å². The van der Waals surface area contributed by atoms with Crippen molar-refractivity contribution in [2.45, 2.75) is 6.42 Å². The average molecular weight is 419 g/mol. The zero-order valence-electron chi connectivity index (χ0n) is 16.6. The Morgan fingerprint density at radius 1 is 1.00 bits per heavy atom. The summed E-state index contributed by atoms with van der Waals surface area (Å²) in [5.74, 6) is -0.749. The summed E-state index contributed by atoms with van der Waals surface area (Å²) in [6.45, 7) is 1.48. The number of pyridine rings is 1. The summed E-state index contributed by atoms with van der Waals surface area (Å²) in [7, 11) is 0. The van der Waals surface area contributed by atoms with Crippen LogP contribution in [0.1, 0.15) is 12.0 Å². The van der Waals surface area contributed by atoms with E-state index in [1.165, 1.54) is 16.3 Å². The van der Waals surface area contributed by atoms with Gasteiger partial charge in [-0.25, -0.2) is 14.6 Å². The highest BCUT2D eigenvalue weighted by molar-refractivity contribution is 6.18. The van der Waals surface area contributed by atoms with Crippen LogP contribution in [0.4, 0.5) is 5.69 Å². The molecule has 3 N–H and O–H groups in total. The van der Waals surface area contributed by atoms with Crippen LogP contribution in [0.2, 0.25) is 0 Å². The SMILES string of the molecule is O=C(O)/C=C/C(=O)O.c1cncc(OCCCNC2=Nc3cccc4cccc2c34)c1. The molecule has 0 amide bonds. The smallest absolute Gasteiger partial charge is 0.328 e. The monoisotopic (exact) mass is 419 g/mol. The molecule has 8 nitrogen and oxygen atoms in total. The van der Waals surface area contributed by atoms with Gasteiger partial charge in [0.05, 0.1) is 18.5 Å². The van der Waals surface area contributed by atoms with Gasteiger partial charge in [-0.05, 0) is 30.0 Å². The minimum absolute atomic E-state index is 0.558. The molecule has 0 bridgehead atoms. The number of aliphatic imine (C=N–C) groups is 1. The van der Waals surface area contributed by atoms with Crippen LogP contribution in [0.25, 0.3) is 10.8 Å². The van der Waals surface area contributed by atoms with Crippen LogP contribution in [-0.2, 0) is 9.59 Å². The van der Waals surface area contributed by atoms with Crippen molar-refractivity contribution in [3.05, 3.63) is 78.6 Å². The third kappa shape index (κ3) is 6.14. The molecular weight excluding hydrogens is 398 g/mol. The first kappa shape index (κ1) is 21.5. The van der Waals surface area contributed by atoms with Gasteiger partial charge in [0.2, 0.25) is 0 Å². The maximum atomic E-state index is 9.55. The fourth-order valence-corrected chi connectivity index (χ4v) is 2.97. The molecule has 2 heterocycles. The Morgan fingerprint density at radius 2 is 1.74 bits per heavy atom. The molecule has 3 aromatic rings. The third-order valence-electron chi connectivity index (χ3n) is 4.26. The summed E-state index contributed by atoms with van der Waals surface area (Å²) in [5, 5.41) is 21.5. The van der Waals surface area contributed by atoms with Crippen molar-refractivity contribution in [3.8, 4) is 5.75 Å². The summed E-state index contributed by atoms with van der Waals surface area (Å²) >= 11 is 0. The molecule has 31 heavy (non-hydrogen) atoms. The Morgan fingerprint density at radius 3 is 2.42 bits per heavy atom. The highest BCUT2D eigenvalue weighted by atomic mass is 16.5. The Labute approximate surface area is 178 Å². The average Bonchev–Trinajstić information content (AvgIpc) is 3.13. The van der Waals surface area contributed by atoms with E-state index >= 15 is 0 Å². The molecule has 0 saturated carbocycles. The first-order valence-corrected chi connectivity index (χ1v) is 9.56. The van der Waals surface area contributed by atoms with E-state index in [1.54, 1.807) is 12.4 Å². The number of nitrogens with zero attached hydrogens (tertiary/aromatic N) is 2. The lowest BCUT2D eigenvalue weighted by Gasteiger charge is -2.08. The van der Waals surface area contributed by atoms with Crippen LogP contribution >= 0.6 is 0 Å². The quantitative estimate of drug-likeness (QED) is 0.396. The first-order valence-electron chi connectivity index (χ1n) is 9.56. The van der Waals surface area contributed by atoms with E-state index in [9.17, 15) is 9.59 Å². The lowest BCUT2D eigenvalue weighted by Crippen LogP contribution is -2.25. The normalized spacial score (nSPS) is 11.5. The number of amidine groups is 1. The number of rotatable bonds is 7. The van der Waals surface area contributed by atoms with Crippen LogP contribution < -0.4 is 10.1 Å². The minimum atomic E-state index is -1.26. The van der Waals surface area contributed by atoms with E-state index in [-0.39, 0.29) is 0 Å². The van der Waals surface area contributed by atoms with Crippen LogP contribution in [-0.4, -0.2) is 46.1 Å². The number of carboxylic acids is 2. The number of aromatic nitrogens is 1. The van der Waals surface area contributed by atoms with Gasteiger partial charge >= 0.3 is 11.9 Å². The number of benzene rings is 2. The largest absolute Gasteiger partial charge is 0.492 e. The van der Waals surface area contributed by atoms with Gasteiger partial charge in [0, 0.05) is 35.8 Å². The third-order valence-corrected chi connectivity index (χ3v) is 4.26. The van der Waals surface area contributed by atoms with Crippen LogP contribution in [0.15, 0.2) is 78.1 Å². The molecule has 0 spiro atoms. The van der Waals surface area contributed by atoms with Crippen molar-refractivity contribution in [3.63, 3.8) is 0 Å². The van der Waals surface area contributed by atoms with Crippen LogP contribution in [0.3, 0.4) is 0 Å². The number of hydrogen-bond acceptors (Lipinski definition) is 6. The summed E-state index contributed by atoms with van der Waals surface area (Å²) in [5.41, 5.74) is 2.23. The molecule has 2 aromatic carbocycles. The zero-order valence-corrected chi connectivity index (χ0v) is 16.6. The predicted octanol–water partition coefficient (Wildman–Crippen LogP) is 3.40. The van der Waals surface area contributed by atoms with E-state index in [2.05, 4.69) is 46.7 Å². The van der Waals surface area contributed by atoms with Gasteiger partial charge in [-0.15, -0.1) is 0 Å². The maximum absolute atomic E-state index is 9.55. The lowest BCUT2D eigenvalue weighted by molar-refractivity contribution is -0.134. The molecular formula is C23H21N3O5. The topological polar surface area (TPSA) is 121 Å². The number of carbonyl (C=O) groups is 2. The minimum Gasteiger partial charge on any atom is -0.492 e. The van der Waals surface area contributed by atoms with E-state index in [4.69, 9.17) is 19.9 Å². The van der Waals surface area contributed by atoms with Crippen LogP contribution in [0.5, 0.6) is 5.75 Å². The zero-order chi connectivity index (χ0) is 22.1. The van der Waals surface area contributed by atoms with Crippen LogP contribution in [0, 0.1) is 0 Å². The number of ether oxygens (including phenoxy) is 1. The van der Waals surface area contributed by atoms with Crippen molar-refractivity contribution < 1.29 is 24.5 Å². The van der Waals surface area contributed by atoms with Gasteiger partial charge in [0.25, 0.3) is 0 Å². The lowest BCUT2D eigenvalue weighted by atomic mass is 10.0. The van der Waals surface area contributed by atoms with Gasteiger partial charge in [-0.2, -0.15) is 0 Å². The van der Waals surface area contributed by atoms with Crippen molar-refractivity contribution in [2.75, 3.05) is 13.2 Å². The predicted molar refractivity (Wildman–Crippen MR) is 117 cm³/mol. The summed E-state index contributed by atoms with van der Waals surface area (Å²) in [6.07, 6.45) is 5.49. The van der Waals surface area contributed by atoms with Gasteiger partial charge in [0.15, 0.2) is 0 Å². The first-order chi connectivity index (χ1) is 15.0. The second-order valence-electron chi connectivity index (χ2n) is 6.47. The van der Waals surface area contributed by atoms with Crippen molar-refractivity contribution in [1.82, 2.24) is 10.3 Å². The molecule has 0 radical (unpaired) electrons. The molecule has 0 fully saturated rings. The molecule has 0 atom stereocenters. The number of hydrogen-bond donors (Lipinski definition) is 3. The molecule has 1 aromatic heterocycles. The molecule has 1 aliphatic rings. The van der Waals surface area contributed by atoms with Gasteiger partial charge < -0.3 is 20.3 Å². The van der Waals surface area contributed by atoms with Crippen molar-refractivity contribution >= 4 is 34.2 Å². The van der Waals surface area contributed by atoms with Gasteiger partial charge in [0.1, 0.15) is 11.6 Å². The number of carboxylic acid groups (broad SMARTS) is 2. The van der Waals surface area contributed by atoms with E-state index in [1.807, 2.05) is 12.1 Å². The van der Waals surface area contributed by atoms with Crippen molar-refractivity contribution in [2.24, 2.45) is 4.99 Å². The Bertz CT molecular complexity index is 1110. The molecule has 0 unspecified atom stereocenters. The molecule has 158 valence electrons. The molecule has 1 aliphatic heterocycles.